The Labute approximate surface area is 226 Å². The van der Waals surface area contributed by atoms with Gasteiger partial charge in [0.05, 0.1) is 12.2 Å². The first-order valence-electron chi connectivity index (χ1n) is 16.1. The predicted molar refractivity (Wildman–Crippen MR) is 149 cm³/mol. The fourth-order valence-electron chi connectivity index (χ4n) is 10.6. The van der Waals surface area contributed by atoms with E-state index < -0.39 is 0 Å². The summed E-state index contributed by atoms with van der Waals surface area (Å²) in [6, 6.07) is 0.706. The summed E-state index contributed by atoms with van der Waals surface area (Å²) in [5.74, 6) is 3.57. The van der Waals surface area contributed by atoms with Crippen LogP contribution in [0.1, 0.15) is 117 Å². The van der Waals surface area contributed by atoms with Crippen LogP contribution in [0.3, 0.4) is 0 Å². The van der Waals surface area contributed by atoms with Gasteiger partial charge >= 0.3 is 0 Å². The number of amides is 1. The highest BCUT2D eigenvalue weighted by atomic mass is 16.3. The van der Waals surface area contributed by atoms with Crippen LogP contribution in [0.4, 0.5) is 0 Å². The summed E-state index contributed by atoms with van der Waals surface area (Å²) in [6.07, 6.45) is 16.3. The topological polar surface area (TPSA) is 81.6 Å². The van der Waals surface area contributed by atoms with Crippen molar-refractivity contribution in [3.63, 3.8) is 0 Å². The number of nitrogens with one attached hydrogen (secondary N) is 2. The zero-order valence-corrected chi connectivity index (χ0v) is 24.0. The molecule has 0 aromatic carbocycles. The van der Waals surface area contributed by atoms with E-state index in [0.717, 1.165) is 45.1 Å². The molecule has 5 aliphatic rings. The third-order valence-electron chi connectivity index (χ3n) is 12.7. The molecule has 212 valence electrons. The summed E-state index contributed by atoms with van der Waals surface area (Å²) in [6.45, 7) is 9.42. The maximum absolute atomic E-state index is 12.6. The quantitative estimate of drug-likeness (QED) is 0.308. The molecule has 1 aliphatic heterocycles. The lowest BCUT2D eigenvalue weighted by Gasteiger charge is -2.62. The number of hydrogen-bond donors (Lipinski definition) is 4. The van der Waals surface area contributed by atoms with Crippen LogP contribution in [0, 0.1) is 46.3 Å². The monoisotopic (exact) mass is 516 g/mol. The van der Waals surface area contributed by atoms with Gasteiger partial charge in [-0.2, -0.15) is 0 Å². The third-order valence-corrected chi connectivity index (χ3v) is 12.7. The number of aliphatic hydroxyl groups excluding tert-OH is 2. The summed E-state index contributed by atoms with van der Waals surface area (Å²) in [5.41, 5.74) is 0.587. The number of rotatable bonds is 9. The van der Waals surface area contributed by atoms with E-state index in [-0.39, 0.29) is 18.1 Å². The van der Waals surface area contributed by atoms with Gasteiger partial charge in [-0.15, -0.1) is 0 Å². The van der Waals surface area contributed by atoms with Crippen molar-refractivity contribution in [1.29, 1.82) is 0 Å². The Kier molecular flexibility index (Phi) is 8.64. The highest BCUT2D eigenvalue weighted by molar-refractivity contribution is 5.75. The Morgan fingerprint density at radius 1 is 1.00 bits per heavy atom. The minimum absolute atomic E-state index is 0.168. The number of aliphatic hydroxyl groups is 2. The summed E-state index contributed by atoms with van der Waals surface area (Å²) in [4.78, 5) is 12.6. The van der Waals surface area contributed by atoms with Gasteiger partial charge in [0.25, 0.3) is 0 Å². The van der Waals surface area contributed by atoms with Crippen LogP contribution in [-0.2, 0) is 4.79 Å². The Balaban J connectivity index is 1.11. The van der Waals surface area contributed by atoms with Gasteiger partial charge in [0.1, 0.15) is 0 Å². The molecule has 5 rings (SSSR count). The Bertz CT molecular complexity index is 784. The molecule has 4 aliphatic carbocycles. The third kappa shape index (κ3) is 5.53. The molecule has 1 saturated heterocycles. The lowest BCUT2D eigenvalue weighted by Crippen LogP contribution is -2.58. The summed E-state index contributed by atoms with van der Waals surface area (Å²) >= 11 is 0. The molecular formula is C32H56N2O3. The maximum atomic E-state index is 12.6. The van der Waals surface area contributed by atoms with Crippen LogP contribution in [0.25, 0.3) is 0 Å². The zero-order valence-electron chi connectivity index (χ0n) is 24.0. The minimum Gasteiger partial charge on any atom is -0.393 e. The normalized spacial score (nSPS) is 46.1. The minimum atomic E-state index is -0.206. The van der Waals surface area contributed by atoms with Crippen LogP contribution in [0.15, 0.2) is 0 Å². The van der Waals surface area contributed by atoms with E-state index in [0.29, 0.717) is 58.8 Å². The van der Waals surface area contributed by atoms with E-state index in [1.54, 1.807) is 0 Å². The molecule has 5 heteroatoms. The molecule has 4 saturated carbocycles. The second-order valence-electron chi connectivity index (χ2n) is 14.6. The van der Waals surface area contributed by atoms with Crippen molar-refractivity contribution in [3.05, 3.63) is 0 Å². The molecule has 1 unspecified atom stereocenters. The molecule has 4 N–H and O–H groups in total. The molecule has 0 aromatic heterocycles. The molecule has 0 radical (unpaired) electrons. The molecule has 5 nitrogen and oxygen atoms in total. The van der Waals surface area contributed by atoms with Crippen molar-refractivity contribution in [2.24, 2.45) is 46.3 Å². The average Bonchev–Trinajstić information content (AvgIpc) is 3.51. The predicted octanol–water partition coefficient (Wildman–Crippen LogP) is 5.43. The highest BCUT2D eigenvalue weighted by Crippen LogP contribution is 2.68. The molecule has 0 aromatic rings. The average molecular weight is 517 g/mol. The zero-order chi connectivity index (χ0) is 26.2. The van der Waals surface area contributed by atoms with Crippen molar-refractivity contribution in [2.45, 2.75) is 135 Å². The molecule has 0 spiro atoms. The Morgan fingerprint density at radius 3 is 2.57 bits per heavy atom. The fraction of sp³-hybridized carbons (Fsp3) is 0.969. The highest BCUT2D eigenvalue weighted by Gasteiger charge is 2.62. The van der Waals surface area contributed by atoms with Crippen LogP contribution in [-0.4, -0.2) is 47.5 Å². The molecular weight excluding hydrogens is 460 g/mol. The maximum Gasteiger partial charge on any atom is 0.220 e. The van der Waals surface area contributed by atoms with Crippen LogP contribution in [0.2, 0.25) is 0 Å². The SMILES string of the molecule is C[C@H](CCC(=O)NCCCCC1CCCN1)[C@H]1CC[C@H]2[C@@H]3[C@@H](O)C[C@@H]4C[C@H](O)CC[C@]4(C)[C@H]3CC[C@]12C. The summed E-state index contributed by atoms with van der Waals surface area (Å²) in [5, 5.41) is 28.5. The van der Waals surface area contributed by atoms with Crippen molar-refractivity contribution in [1.82, 2.24) is 10.6 Å². The second-order valence-corrected chi connectivity index (χ2v) is 14.6. The van der Waals surface area contributed by atoms with Gasteiger partial charge in [-0.25, -0.2) is 0 Å². The first-order valence-corrected chi connectivity index (χ1v) is 16.1. The molecule has 5 fully saturated rings. The molecule has 0 bridgehead atoms. The van der Waals surface area contributed by atoms with Gasteiger partial charge in [0.15, 0.2) is 0 Å². The van der Waals surface area contributed by atoms with E-state index in [9.17, 15) is 15.0 Å². The second kappa shape index (κ2) is 11.5. The number of carbonyl (C=O) groups is 1. The van der Waals surface area contributed by atoms with E-state index in [2.05, 4.69) is 31.4 Å². The van der Waals surface area contributed by atoms with Crippen LogP contribution >= 0.6 is 0 Å². The van der Waals surface area contributed by atoms with Gasteiger partial charge in [-0.05, 0) is 136 Å². The van der Waals surface area contributed by atoms with E-state index in [1.807, 2.05) is 0 Å². The van der Waals surface area contributed by atoms with E-state index >= 15 is 0 Å². The van der Waals surface area contributed by atoms with Gasteiger partial charge in [-0.3, -0.25) is 4.79 Å². The number of unbranched alkanes of at least 4 members (excludes halogenated alkanes) is 1. The lowest BCUT2D eigenvalue weighted by atomic mass is 9.43. The first kappa shape index (κ1) is 27.9. The standard InChI is InChI=1S/C32H56N2O3/c1-21(9-12-29(37)34-17-5-4-7-23-8-6-18-33-23)25-10-11-26-30-27(14-16-32(25,26)3)31(2)15-13-24(35)19-22(31)20-28(30)36/h21-28,30,33,35-36H,4-20H2,1-3H3,(H,34,37)/t21-,22+,23?,24-,25-,26+,27+,28+,30+,31+,32-/m1/s1. The van der Waals surface area contributed by atoms with Crippen molar-refractivity contribution in [3.8, 4) is 0 Å². The van der Waals surface area contributed by atoms with Gasteiger partial charge in [0.2, 0.25) is 5.91 Å². The summed E-state index contributed by atoms with van der Waals surface area (Å²) < 4.78 is 0. The molecule has 37 heavy (non-hydrogen) atoms. The van der Waals surface area contributed by atoms with Crippen molar-refractivity contribution < 1.29 is 15.0 Å². The lowest BCUT2D eigenvalue weighted by molar-refractivity contribution is -0.174. The fourth-order valence-corrected chi connectivity index (χ4v) is 10.6. The van der Waals surface area contributed by atoms with Gasteiger partial charge in [-0.1, -0.05) is 27.2 Å². The molecule has 11 atom stereocenters. The van der Waals surface area contributed by atoms with E-state index in [4.69, 9.17) is 0 Å². The molecule has 1 heterocycles. The van der Waals surface area contributed by atoms with Gasteiger partial charge < -0.3 is 20.8 Å². The van der Waals surface area contributed by atoms with Crippen LogP contribution in [0.5, 0.6) is 0 Å². The Hall–Kier alpha value is -0.650. The van der Waals surface area contributed by atoms with E-state index in [1.165, 1.54) is 57.9 Å². The smallest absolute Gasteiger partial charge is 0.220 e. The van der Waals surface area contributed by atoms with Crippen molar-refractivity contribution >= 4 is 5.91 Å². The largest absolute Gasteiger partial charge is 0.393 e. The number of fused-ring (bicyclic) bond motifs is 5. The Morgan fingerprint density at radius 2 is 1.78 bits per heavy atom. The number of carbonyl (C=O) groups excluding carboxylic acids is 1. The van der Waals surface area contributed by atoms with Crippen molar-refractivity contribution in [2.75, 3.05) is 13.1 Å². The number of hydrogen-bond acceptors (Lipinski definition) is 4. The van der Waals surface area contributed by atoms with Crippen LogP contribution < -0.4 is 10.6 Å². The summed E-state index contributed by atoms with van der Waals surface area (Å²) in [7, 11) is 0. The van der Waals surface area contributed by atoms with Gasteiger partial charge in [0, 0.05) is 19.0 Å². The molecule has 1 amide bonds. The first-order chi connectivity index (χ1) is 17.7.